The minimum Gasteiger partial charge on any atom is -0.465 e. The lowest BCUT2D eigenvalue weighted by atomic mass is 10.0. The number of imide groups is 1. The average Bonchev–Trinajstić information content (AvgIpc) is 3.15. The van der Waals surface area contributed by atoms with Crippen LogP contribution in [0.4, 0.5) is 4.79 Å². The van der Waals surface area contributed by atoms with E-state index in [2.05, 4.69) is 10.2 Å². The average molecular weight is 509 g/mol. The summed E-state index contributed by atoms with van der Waals surface area (Å²) in [7, 11) is 1.44. The maximum Gasteiger partial charge on any atom is 0.331 e. The molecule has 1 aromatic carbocycles. The number of esters is 2. The third-order valence-corrected chi connectivity index (χ3v) is 5.49. The molecule has 0 aromatic heterocycles. The van der Waals surface area contributed by atoms with Gasteiger partial charge < -0.3 is 19.2 Å². The Balaban J connectivity index is 2.04. The predicted octanol–water partition coefficient (Wildman–Crippen LogP) is 0.933. The highest BCUT2D eigenvalue weighted by molar-refractivity contribution is 6.03. The molecule has 1 N–H and O–H groups in total. The van der Waals surface area contributed by atoms with E-state index in [4.69, 9.17) is 9.47 Å². The first-order chi connectivity index (χ1) is 17.1. The van der Waals surface area contributed by atoms with Crippen molar-refractivity contribution in [2.24, 2.45) is 0 Å². The number of nitrogens with zero attached hydrogens (tertiary/aromatic N) is 3. The van der Waals surface area contributed by atoms with Crippen LogP contribution in [0.15, 0.2) is 30.3 Å². The summed E-state index contributed by atoms with van der Waals surface area (Å²) in [5.74, 6) is -2.04. The molecule has 198 valence electrons. The van der Waals surface area contributed by atoms with Crippen LogP contribution in [-0.2, 0) is 35.1 Å². The molecule has 1 aliphatic heterocycles. The van der Waals surface area contributed by atoms with Gasteiger partial charge in [-0.1, -0.05) is 30.3 Å². The zero-order chi connectivity index (χ0) is 26.7. The fourth-order valence-corrected chi connectivity index (χ4v) is 3.68. The van der Waals surface area contributed by atoms with Crippen LogP contribution in [-0.4, -0.2) is 90.3 Å². The fourth-order valence-electron chi connectivity index (χ4n) is 3.68. The molecule has 1 aliphatic rings. The quantitative estimate of drug-likeness (QED) is 0.166. The van der Waals surface area contributed by atoms with Gasteiger partial charge >= 0.3 is 18.0 Å². The van der Waals surface area contributed by atoms with E-state index in [1.54, 1.807) is 6.92 Å². The lowest BCUT2D eigenvalue weighted by Gasteiger charge is -2.26. The second-order valence-electron chi connectivity index (χ2n) is 8.18. The minimum atomic E-state index is -1.19. The minimum absolute atomic E-state index is 0.0672. The maximum atomic E-state index is 13.2. The van der Waals surface area contributed by atoms with Gasteiger partial charge in [0.1, 0.15) is 6.04 Å². The fraction of sp³-hybridized carbons (Fsp3) is 0.565. The predicted molar refractivity (Wildman–Crippen MR) is 125 cm³/mol. The van der Waals surface area contributed by atoms with Gasteiger partial charge in [-0.2, -0.15) is 0 Å². The van der Waals surface area contributed by atoms with Crippen molar-refractivity contribution in [1.29, 1.82) is 0 Å². The van der Waals surface area contributed by atoms with Crippen molar-refractivity contribution < 1.29 is 38.6 Å². The number of hydrogen-bond acceptors (Lipinski definition) is 10. The van der Waals surface area contributed by atoms with Crippen LogP contribution in [0.5, 0.6) is 0 Å². The molecule has 1 heterocycles. The van der Waals surface area contributed by atoms with Crippen molar-refractivity contribution in [2.45, 2.75) is 51.2 Å². The van der Waals surface area contributed by atoms with Gasteiger partial charge in [0.05, 0.1) is 32.4 Å². The molecule has 13 nitrogen and oxygen atoms in total. The molecule has 3 atom stereocenters. The summed E-state index contributed by atoms with van der Waals surface area (Å²) in [6, 6.07) is 5.84. The van der Waals surface area contributed by atoms with Gasteiger partial charge in [-0.25, -0.2) is 14.5 Å². The normalized spacial score (nSPS) is 16.9. The Morgan fingerprint density at radius 3 is 2.53 bits per heavy atom. The largest absolute Gasteiger partial charge is 0.465 e. The van der Waals surface area contributed by atoms with Gasteiger partial charge in [-0.05, 0) is 32.3 Å². The molecule has 1 fully saturated rings. The first-order valence-corrected chi connectivity index (χ1v) is 11.6. The highest BCUT2D eigenvalue weighted by atomic mass is 16.9. The molecular weight excluding hydrogens is 476 g/mol. The molecule has 0 saturated carbocycles. The van der Waals surface area contributed by atoms with Crippen molar-refractivity contribution in [3.63, 3.8) is 0 Å². The Hall–Kier alpha value is -3.74. The Labute approximate surface area is 208 Å². The summed E-state index contributed by atoms with van der Waals surface area (Å²) in [5, 5.41) is 12.2. The van der Waals surface area contributed by atoms with E-state index in [1.807, 2.05) is 30.3 Å². The van der Waals surface area contributed by atoms with Gasteiger partial charge in [-0.15, -0.1) is 10.1 Å². The molecule has 1 aromatic rings. The van der Waals surface area contributed by atoms with Crippen molar-refractivity contribution >= 4 is 23.9 Å². The highest BCUT2D eigenvalue weighted by Crippen LogP contribution is 2.18. The van der Waals surface area contributed by atoms with E-state index in [-0.39, 0.29) is 32.8 Å². The number of aryl methyl sites for hydroxylation is 1. The SMILES string of the molecule is CCOC(=O)C(CCc1ccccc1)NC(C)C(=O)N1C(=O)N(C)CC1C(=O)OCCCO[N+](=O)[O-]. The summed E-state index contributed by atoms with van der Waals surface area (Å²) < 4.78 is 10.2. The van der Waals surface area contributed by atoms with E-state index < -0.39 is 47.1 Å². The second-order valence-corrected chi connectivity index (χ2v) is 8.18. The van der Waals surface area contributed by atoms with Gasteiger partial charge in [0.15, 0.2) is 6.04 Å². The zero-order valence-corrected chi connectivity index (χ0v) is 20.6. The third kappa shape index (κ3) is 8.18. The summed E-state index contributed by atoms with van der Waals surface area (Å²) in [6.07, 6.45) is 0.975. The monoisotopic (exact) mass is 508 g/mol. The summed E-state index contributed by atoms with van der Waals surface area (Å²) >= 11 is 0. The van der Waals surface area contributed by atoms with Crippen LogP contribution < -0.4 is 5.32 Å². The van der Waals surface area contributed by atoms with E-state index in [0.717, 1.165) is 10.5 Å². The molecule has 0 aliphatic carbocycles. The summed E-state index contributed by atoms with van der Waals surface area (Å²) in [5.41, 5.74) is 1.01. The zero-order valence-electron chi connectivity index (χ0n) is 20.6. The first kappa shape index (κ1) is 28.5. The van der Waals surface area contributed by atoms with Crippen LogP contribution in [0.1, 0.15) is 32.3 Å². The number of urea groups is 1. The molecule has 0 bridgehead atoms. The Morgan fingerprint density at radius 2 is 1.89 bits per heavy atom. The number of nitrogens with one attached hydrogen (secondary N) is 1. The summed E-state index contributed by atoms with van der Waals surface area (Å²) in [6.45, 7) is 2.84. The molecule has 2 rings (SSSR count). The maximum absolute atomic E-state index is 13.2. The smallest absolute Gasteiger partial charge is 0.331 e. The number of likely N-dealkylation sites (N-methyl/N-ethyl adjacent to an activating group) is 1. The van der Waals surface area contributed by atoms with Crippen molar-refractivity contribution in [1.82, 2.24) is 15.1 Å². The topological polar surface area (TPSA) is 158 Å². The van der Waals surface area contributed by atoms with Gasteiger partial charge in [0.25, 0.3) is 5.09 Å². The van der Waals surface area contributed by atoms with Gasteiger partial charge in [0.2, 0.25) is 5.91 Å². The number of rotatable bonds is 14. The highest BCUT2D eigenvalue weighted by Gasteiger charge is 2.46. The van der Waals surface area contributed by atoms with Crippen LogP contribution in [0.3, 0.4) is 0 Å². The van der Waals surface area contributed by atoms with Crippen LogP contribution in [0, 0.1) is 10.1 Å². The number of hydrogen-bond donors (Lipinski definition) is 1. The van der Waals surface area contributed by atoms with Crippen LogP contribution in [0.2, 0.25) is 0 Å². The molecule has 0 spiro atoms. The molecule has 1 saturated heterocycles. The van der Waals surface area contributed by atoms with Crippen LogP contribution >= 0.6 is 0 Å². The third-order valence-electron chi connectivity index (χ3n) is 5.49. The first-order valence-electron chi connectivity index (χ1n) is 11.6. The molecule has 3 amide bonds. The molecule has 13 heteroatoms. The Morgan fingerprint density at radius 1 is 1.19 bits per heavy atom. The molecule has 36 heavy (non-hydrogen) atoms. The summed E-state index contributed by atoms with van der Waals surface area (Å²) in [4.78, 5) is 67.4. The number of benzene rings is 1. The van der Waals surface area contributed by atoms with Crippen molar-refractivity contribution in [3.8, 4) is 0 Å². The van der Waals surface area contributed by atoms with Gasteiger partial charge in [-0.3, -0.25) is 14.9 Å². The number of amides is 3. The Kier molecular flexibility index (Phi) is 11.1. The van der Waals surface area contributed by atoms with Gasteiger partial charge in [0, 0.05) is 13.5 Å². The molecule has 0 radical (unpaired) electrons. The van der Waals surface area contributed by atoms with E-state index in [1.165, 1.54) is 18.9 Å². The van der Waals surface area contributed by atoms with E-state index in [0.29, 0.717) is 12.8 Å². The van der Waals surface area contributed by atoms with E-state index >= 15 is 0 Å². The number of carbonyl (C=O) groups is 4. The standard InChI is InChI=1S/C23H32N4O9/c1-4-34-21(29)18(12-11-17-9-6-5-7-10-17)24-16(2)20(28)26-19(15-25(3)23(26)31)22(30)35-13-8-14-36-27(32)33/h5-7,9-10,16,18-19,24H,4,8,11-15H2,1-3H3. The molecular formula is C23H32N4O9. The number of ether oxygens (including phenoxy) is 2. The lowest BCUT2D eigenvalue weighted by molar-refractivity contribution is -0.757. The van der Waals surface area contributed by atoms with Crippen molar-refractivity contribution in [3.05, 3.63) is 46.0 Å². The van der Waals surface area contributed by atoms with Crippen LogP contribution in [0.25, 0.3) is 0 Å². The Bertz CT molecular complexity index is 927. The lowest BCUT2D eigenvalue weighted by Crippen LogP contribution is -2.55. The van der Waals surface area contributed by atoms with Crippen molar-refractivity contribution in [2.75, 3.05) is 33.4 Å². The number of carbonyl (C=O) groups excluding carboxylic acids is 4. The second kappa shape index (κ2) is 14.0. The molecule has 3 unspecified atom stereocenters. The van der Waals surface area contributed by atoms with E-state index in [9.17, 15) is 29.3 Å².